The topological polar surface area (TPSA) is 0 Å². The van der Waals surface area contributed by atoms with Gasteiger partial charge in [-0.2, -0.15) is 0 Å². The molecule has 0 N–H and O–H groups in total. The minimum atomic E-state index is 1.00. The summed E-state index contributed by atoms with van der Waals surface area (Å²) in [4.78, 5) is 0. The molecule has 0 spiro atoms. The summed E-state index contributed by atoms with van der Waals surface area (Å²) in [7, 11) is 0. The van der Waals surface area contributed by atoms with Gasteiger partial charge in [-0.15, -0.1) is 0 Å². The van der Waals surface area contributed by atoms with E-state index in [1.165, 1.54) is 6.42 Å². The zero-order chi connectivity index (χ0) is 7.84. The maximum atomic E-state index is 2.45. The molecule has 3 unspecified atom stereocenters. The van der Waals surface area contributed by atoms with Crippen molar-refractivity contribution in [1.82, 2.24) is 0 Å². The molecule has 64 valence electrons. The van der Waals surface area contributed by atoms with Gasteiger partial charge in [0, 0.05) is 0 Å². The summed E-state index contributed by atoms with van der Waals surface area (Å²) in [6, 6.07) is 0. The summed E-state index contributed by atoms with van der Waals surface area (Å²) < 4.78 is 0. The largest absolute Gasteiger partial charge is 0.0651 e. The minimum absolute atomic E-state index is 1.00. The Bertz CT molecular complexity index is 139. The average Bonchev–Trinajstić information content (AvgIpc) is 2.62. The van der Waals surface area contributed by atoms with Crippen molar-refractivity contribution in [2.75, 3.05) is 0 Å². The minimum Gasteiger partial charge on any atom is -0.0651 e. The predicted octanol–water partition coefficient (Wildman–Crippen LogP) is 3.47. The molecule has 0 amide bonds. The van der Waals surface area contributed by atoms with Gasteiger partial charge in [0.1, 0.15) is 0 Å². The van der Waals surface area contributed by atoms with E-state index in [1.807, 2.05) is 0 Å². The molecule has 2 saturated carbocycles. The highest BCUT2D eigenvalue weighted by molar-refractivity contribution is 4.91. The van der Waals surface area contributed by atoms with Crippen molar-refractivity contribution < 1.29 is 0 Å². The molecule has 2 bridgehead atoms. The Hall–Kier alpha value is 0. The smallest absolute Gasteiger partial charge is 0.0357 e. The molecule has 2 fully saturated rings. The first kappa shape index (κ1) is 7.64. The number of rotatable bonds is 2. The third-order valence-electron chi connectivity index (χ3n) is 4.17. The Kier molecular flexibility index (Phi) is 1.95. The van der Waals surface area contributed by atoms with Crippen LogP contribution in [0.4, 0.5) is 0 Å². The maximum absolute atomic E-state index is 2.45. The molecule has 0 aromatic rings. The summed E-state index contributed by atoms with van der Waals surface area (Å²) in [5.41, 5.74) is 0. The van der Waals surface area contributed by atoms with Crippen LogP contribution < -0.4 is 0 Å². The molecular formula is C11H20. The molecular weight excluding hydrogens is 132 g/mol. The van der Waals surface area contributed by atoms with E-state index in [1.54, 1.807) is 25.7 Å². The monoisotopic (exact) mass is 152 g/mol. The molecule has 2 rings (SSSR count). The molecule has 2 aliphatic carbocycles. The lowest BCUT2D eigenvalue weighted by molar-refractivity contribution is 0.236. The van der Waals surface area contributed by atoms with Crippen LogP contribution >= 0.6 is 0 Å². The van der Waals surface area contributed by atoms with Gasteiger partial charge in [0.05, 0.1) is 0 Å². The Labute approximate surface area is 70.4 Å². The third kappa shape index (κ3) is 1.21. The predicted molar refractivity (Wildman–Crippen MR) is 48.4 cm³/mol. The van der Waals surface area contributed by atoms with E-state index >= 15 is 0 Å². The van der Waals surface area contributed by atoms with E-state index in [4.69, 9.17) is 0 Å². The van der Waals surface area contributed by atoms with Crippen LogP contribution in [0.15, 0.2) is 0 Å². The second-order valence-corrected chi connectivity index (χ2v) is 4.72. The van der Waals surface area contributed by atoms with Gasteiger partial charge in [-0.05, 0) is 42.9 Å². The molecule has 0 heteroatoms. The quantitative estimate of drug-likeness (QED) is 0.568. The van der Waals surface area contributed by atoms with Crippen molar-refractivity contribution in [2.24, 2.45) is 23.7 Å². The average molecular weight is 152 g/mol. The zero-order valence-electron chi connectivity index (χ0n) is 7.84. The van der Waals surface area contributed by atoms with Gasteiger partial charge in [0.2, 0.25) is 0 Å². The zero-order valence-corrected chi connectivity index (χ0v) is 7.84. The van der Waals surface area contributed by atoms with Gasteiger partial charge in [0.25, 0.3) is 0 Å². The Morgan fingerprint density at radius 1 is 1.27 bits per heavy atom. The second-order valence-electron chi connectivity index (χ2n) is 4.72. The molecule has 0 saturated heterocycles. The van der Waals surface area contributed by atoms with Crippen molar-refractivity contribution in [3.63, 3.8) is 0 Å². The van der Waals surface area contributed by atoms with Crippen LogP contribution in [-0.2, 0) is 0 Å². The van der Waals surface area contributed by atoms with Crippen molar-refractivity contribution in [3.05, 3.63) is 0 Å². The van der Waals surface area contributed by atoms with E-state index in [2.05, 4.69) is 13.8 Å². The molecule has 0 aliphatic heterocycles. The second kappa shape index (κ2) is 2.80. The lowest BCUT2D eigenvalue weighted by atomic mass is 9.79. The lowest BCUT2D eigenvalue weighted by Crippen LogP contribution is -2.17. The fourth-order valence-electron chi connectivity index (χ4n) is 3.29. The first-order chi connectivity index (χ1) is 5.31. The number of hydrogen-bond acceptors (Lipinski definition) is 0. The van der Waals surface area contributed by atoms with Crippen molar-refractivity contribution in [3.8, 4) is 0 Å². The van der Waals surface area contributed by atoms with Crippen LogP contribution in [0.2, 0.25) is 0 Å². The van der Waals surface area contributed by atoms with Crippen LogP contribution in [0.25, 0.3) is 0 Å². The first-order valence-electron chi connectivity index (χ1n) is 5.31. The van der Waals surface area contributed by atoms with Crippen LogP contribution in [0.1, 0.15) is 46.0 Å². The Morgan fingerprint density at radius 3 is 2.55 bits per heavy atom. The highest BCUT2D eigenvalue weighted by Gasteiger charge is 2.40. The van der Waals surface area contributed by atoms with Gasteiger partial charge < -0.3 is 0 Å². The highest BCUT2D eigenvalue weighted by atomic mass is 14.5. The highest BCUT2D eigenvalue weighted by Crippen LogP contribution is 2.51. The number of fused-ring (bicyclic) bond motifs is 2. The van der Waals surface area contributed by atoms with Gasteiger partial charge in [-0.1, -0.05) is 26.7 Å². The summed E-state index contributed by atoms with van der Waals surface area (Å²) in [5.74, 6) is 4.39. The molecule has 0 nitrogen and oxygen atoms in total. The van der Waals surface area contributed by atoms with E-state index < -0.39 is 0 Å². The van der Waals surface area contributed by atoms with Gasteiger partial charge in [-0.25, -0.2) is 0 Å². The third-order valence-corrected chi connectivity index (χ3v) is 4.17. The summed E-state index contributed by atoms with van der Waals surface area (Å²) in [6.07, 6.45) is 7.65. The van der Waals surface area contributed by atoms with Gasteiger partial charge in [0.15, 0.2) is 0 Å². The molecule has 0 heterocycles. The van der Waals surface area contributed by atoms with Crippen LogP contribution in [0.5, 0.6) is 0 Å². The fraction of sp³-hybridized carbons (Fsp3) is 1.00. The van der Waals surface area contributed by atoms with E-state index in [9.17, 15) is 0 Å². The molecule has 0 radical (unpaired) electrons. The van der Waals surface area contributed by atoms with Gasteiger partial charge >= 0.3 is 0 Å². The normalized spacial score (nSPS) is 44.7. The standard InChI is InChI=1S/C11H20/c1-3-8(2)11-7-9-4-5-10(11)6-9/h8-11H,3-7H2,1-2H3/t8-,9?,10?,11?/m0/s1. The lowest BCUT2D eigenvalue weighted by Gasteiger charge is -2.26. The maximum Gasteiger partial charge on any atom is -0.0357 e. The molecule has 11 heavy (non-hydrogen) atoms. The van der Waals surface area contributed by atoms with E-state index in [0.717, 1.165) is 23.7 Å². The molecule has 2 aliphatic rings. The van der Waals surface area contributed by atoms with E-state index in [-0.39, 0.29) is 0 Å². The molecule has 4 atom stereocenters. The van der Waals surface area contributed by atoms with Crippen molar-refractivity contribution >= 4 is 0 Å². The molecule has 0 aromatic carbocycles. The summed E-state index contributed by atoms with van der Waals surface area (Å²) >= 11 is 0. The van der Waals surface area contributed by atoms with Crippen LogP contribution in [-0.4, -0.2) is 0 Å². The van der Waals surface area contributed by atoms with Crippen LogP contribution in [0, 0.1) is 23.7 Å². The Morgan fingerprint density at radius 2 is 2.09 bits per heavy atom. The molecule has 0 aromatic heterocycles. The van der Waals surface area contributed by atoms with Crippen LogP contribution in [0.3, 0.4) is 0 Å². The fourth-order valence-corrected chi connectivity index (χ4v) is 3.29. The van der Waals surface area contributed by atoms with Crippen molar-refractivity contribution in [1.29, 1.82) is 0 Å². The summed E-state index contributed by atoms with van der Waals surface area (Å²) in [5, 5.41) is 0. The van der Waals surface area contributed by atoms with Crippen molar-refractivity contribution in [2.45, 2.75) is 46.0 Å². The first-order valence-corrected chi connectivity index (χ1v) is 5.31. The number of hydrogen-bond donors (Lipinski definition) is 0. The SMILES string of the molecule is CC[C@H](C)C1CC2CCC1C2. The Balaban J connectivity index is 1.96. The van der Waals surface area contributed by atoms with Gasteiger partial charge in [-0.3, -0.25) is 0 Å². The van der Waals surface area contributed by atoms with E-state index in [0.29, 0.717) is 0 Å². The summed E-state index contributed by atoms with van der Waals surface area (Å²) in [6.45, 7) is 4.79.